The number of hydrogen-bond acceptors (Lipinski definition) is 5. The van der Waals surface area contributed by atoms with Crippen molar-refractivity contribution >= 4 is 27.5 Å². The van der Waals surface area contributed by atoms with E-state index in [1.165, 1.54) is 7.11 Å². The molecule has 0 fully saturated rings. The fourth-order valence-corrected chi connectivity index (χ4v) is 4.12. The average Bonchev–Trinajstić information content (AvgIpc) is 2.84. The number of hydrogen-bond donors (Lipinski definition) is 2. The lowest BCUT2D eigenvalue weighted by molar-refractivity contribution is 0.0732. The summed E-state index contributed by atoms with van der Waals surface area (Å²) in [6.07, 6.45) is 0. The molecule has 0 aliphatic heterocycles. The van der Waals surface area contributed by atoms with Gasteiger partial charge in [-0.1, -0.05) is 66.7 Å². The number of rotatable bonds is 4. The zero-order valence-electron chi connectivity index (χ0n) is 17.8. The molecule has 0 amide bonds. The van der Waals surface area contributed by atoms with E-state index in [0.717, 1.165) is 10.8 Å². The Kier molecular flexibility index (Phi) is 5.07. The molecule has 5 heteroatoms. The van der Waals surface area contributed by atoms with Gasteiger partial charge in [0.15, 0.2) is 11.5 Å². The van der Waals surface area contributed by atoms with Crippen LogP contribution in [-0.4, -0.2) is 23.3 Å². The van der Waals surface area contributed by atoms with Crippen LogP contribution in [0.4, 0.5) is 0 Å². The van der Waals surface area contributed by atoms with Crippen LogP contribution in [0.3, 0.4) is 0 Å². The Hall–Kier alpha value is -4.51. The van der Waals surface area contributed by atoms with Crippen LogP contribution in [0, 0.1) is 0 Å². The molecule has 5 aromatic rings. The van der Waals surface area contributed by atoms with Gasteiger partial charge < -0.3 is 19.7 Å². The molecular weight excluding hydrogens is 416 g/mol. The number of aromatic hydroxyl groups is 2. The number of phenolic OH excluding ortho intramolecular Hbond substituents is 2. The molecule has 0 heterocycles. The minimum atomic E-state index is -0.697. The molecule has 0 saturated heterocycles. The molecule has 162 valence electrons. The van der Waals surface area contributed by atoms with Crippen LogP contribution >= 0.6 is 0 Å². The number of methoxy groups -OCH3 is 1. The quantitative estimate of drug-likeness (QED) is 0.255. The Bertz CT molecular complexity index is 1510. The van der Waals surface area contributed by atoms with Gasteiger partial charge in [0.05, 0.1) is 7.11 Å². The van der Waals surface area contributed by atoms with E-state index in [-0.39, 0.29) is 22.8 Å². The third-order valence-corrected chi connectivity index (χ3v) is 5.65. The van der Waals surface area contributed by atoms with E-state index in [1.54, 1.807) is 36.4 Å². The van der Waals surface area contributed by atoms with Crippen LogP contribution in [-0.2, 0) is 0 Å². The fourth-order valence-electron chi connectivity index (χ4n) is 4.12. The third kappa shape index (κ3) is 3.49. The molecule has 0 unspecified atom stereocenters. The van der Waals surface area contributed by atoms with Gasteiger partial charge in [-0.15, -0.1) is 0 Å². The summed E-state index contributed by atoms with van der Waals surface area (Å²) >= 11 is 0. The van der Waals surface area contributed by atoms with Gasteiger partial charge in [0.2, 0.25) is 0 Å². The number of fused-ring (bicyclic) bond motifs is 2. The number of carbonyl (C=O) groups is 1. The molecule has 0 radical (unpaired) electrons. The molecular formula is C28H20O5. The highest BCUT2D eigenvalue weighted by molar-refractivity contribution is 6.14. The molecule has 33 heavy (non-hydrogen) atoms. The summed E-state index contributed by atoms with van der Waals surface area (Å²) < 4.78 is 10.9. The highest BCUT2D eigenvalue weighted by atomic mass is 16.5. The van der Waals surface area contributed by atoms with Gasteiger partial charge in [-0.3, -0.25) is 0 Å². The molecule has 0 aromatic heterocycles. The van der Waals surface area contributed by atoms with E-state index in [0.29, 0.717) is 27.6 Å². The number of benzene rings is 5. The van der Waals surface area contributed by atoms with E-state index < -0.39 is 5.97 Å². The van der Waals surface area contributed by atoms with Crippen molar-refractivity contribution in [2.24, 2.45) is 0 Å². The van der Waals surface area contributed by atoms with Crippen LogP contribution in [0.25, 0.3) is 32.7 Å². The zero-order chi connectivity index (χ0) is 22.9. The maximum atomic E-state index is 13.1. The zero-order valence-corrected chi connectivity index (χ0v) is 17.8. The number of para-hydroxylation sites is 1. The molecule has 0 bridgehead atoms. The van der Waals surface area contributed by atoms with Crippen molar-refractivity contribution in [3.05, 3.63) is 96.6 Å². The average molecular weight is 436 g/mol. The number of esters is 1. The molecule has 0 aliphatic carbocycles. The molecule has 5 rings (SSSR count). The Morgan fingerprint density at radius 1 is 0.697 bits per heavy atom. The Balaban J connectivity index is 1.82. The van der Waals surface area contributed by atoms with E-state index in [4.69, 9.17) is 9.47 Å². The van der Waals surface area contributed by atoms with Gasteiger partial charge in [0.25, 0.3) is 0 Å². The predicted molar refractivity (Wildman–Crippen MR) is 128 cm³/mol. The standard InChI is InChI=1S/C28H20O5/c1-32-23-16-18-10-6-8-14-21(18)25(27(23)30)24-20-13-7-5-9-17(20)15-22(26(24)29)28(31)33-19-11-3-2-4-12-19/h2-16,29-30H,1H3. The van der Waals surface area contributed by atoms with Gasteiger partial charge in [-0.2, -0.15) is 0 Å². The smallest absolute Gasteiger partial charge is 0.347 e. The van der Waals surface area contributed by atoms with Crippen LogP contribution in [0.5, 0.6) is 23.0 Å². The van der Waals surface area contributed by atoms with Gasteiger partial charge in [0, 0.05) is 11.1 Å². The second-order valence-corrected chi connectivity index (χ2v) is 7.60. The lowest BCUT2D eigenvalue weighted by atomic mass is 9.90. The minimum Gasteiger partial charge on any atom is -0.506 e. The van der Waals surface area contributed by atoms with Crippen molar-refractivity contribution in [1.29, 1.82) is 0 Å². The summed E-state index contributed by atoms with van der Waals surface area (Å²) in [5.74, 6) is -0.457. The topological polar surface area (TPSA) is 76.0 Å². The summed E-state index contributed by atoms with van der Waals surface area (Å²) in [4.78, 5) is 13.1. The summed E-state index contributed by atoms with van der Waals surface area (Å²) in [5, 5.41) is 25.5. The molecule has 0 spiro atoms. The van der Waals surface area contributed by atoms with Gasteiger partial charge >= 0.3 is 5.97 Å². The summed E-state index contributed by atoms with van der Waals surface area (Å²) in [6, 6.07) is 26.9. The fraction of sp³-hybridized carbons (Fsp3) is 0.0357. The van der Waals surface area contributed by atoms with Crippen LogP contribution in [0.1, 0.15) is 10.4 Å². The highest BCUT2D eigenvalue weighted by Crippen LogP contribution is 2.49. The first-order valence-corrected chi connectivity index (χ1v) is 10.4. The largest absolute Gasteiger partial charge is 0.506 e. The normalized spacial score (nSPS) is 10.9. The minimum absolute atomic E-state index is 0.00106. The highest BCUT2D eigenvalue weighted by Gasteiger charge is 2.25. The van der Waals surface area contributed by atoms with E-state index in [9.17, 15) is 15.0 Å². The second-order valence-electron chi connectivity index (χ2n) is 7.60. The maximum absolute atomic E-state index is 13.1. The predicted octanol–water partition coefficient (Wildman–Crippen LogP) is 6.30. The van der Waals surface area contributed by atoms with Gasteiger partial charge in [-0.25, -0.2) is 4.79 Å². The summed E-state index contributed by atoms with van der Waals surface area (Å²) in [5.41, 5.74) is 0.715. The van der Waals surface area contributed by atoms with Crippen molar-refractivity contribution in [3.8, 4) is 34.1 Å². The molecule has 0 saturated carbocycles. The van der Waals surface area contributed by atoms with Crippen LogP contribution in [0.15, 0.2) is 91.0 Å². The monoisotopic (exact) mass is 436 g/mol. The van der Waals surface area contributed by atoms with E-state index >= 15 is 0 Å². The van der Waals surface area contributed by atoms with E-state index in [2.05, 4.69) is 0 Å². The van der Waals surface area contributed by atoms with Gasteiger partial charge in [-0.05, 0) is 45.8 Å². The lowest BCUT2D eigenvalue weighted by Crippen LogP contribution is -2.09. The van der Waals surface area contributed by atoms with E-state index in [1.807, 2.05) is 54.6 Å². The number of carbonyl (C=O) groups excluding carboxylic acids is 1. The summed E-state index contributed by atoms with van der Waals surface area (Å²) in [7, 11) is 1.47. The molecule has 0 atom stereocenters. The first kappa shape index (κ1) is 20.4. The van der Waals surface area contributed by atoms with Crippen LogP contribution < -0.4 is 9.47 Å². The Morgan fingerprint density at radius 3 is 1.88 bits per heavy atom. The van der Waals surface area contributed by atoms with Crippen molar-refractivity contribution in [1.82, 2.24) is 0 Å². The molecule has 0 aliphatic rings. The third-order valence-electron chi connectivity index (χ3n) is 5.65. The second kappa shape index (κ2) is 8.20. The molecule has 5 aromatic carbocycles. The SMILES string of the molecule is COc1cc2ccccc2c(-c2c(O)c(C(=O)Oc3ccccc3)cc3ccccc23)c1O. The van der Waals surface area contributed by atoms with Crippen molar-refractivity contribution < 1.29 is 24.5 Å². The van der Waals surface area contributed by atoms with Crippen molar-refractivity contribution in [2.45, 2.75) is 0 Å². The Morgan fingerprint density at radius 2 is 1.24 bits per heavy atom. The van der Waals surface area contributed by atoms with Crippen molar-refractivity contribution in [2.75, 3.05) is 7.11 Å². The molecule has 2 N–H and O–H groups in total. The Labute approximate surface area is 190 Å². The number of phenols is 2. The van der Waals surface area contributed by atoms with Gasteiger partial charge in [0.1, 0.15) is 17.1 Å². The van der Waals surface area contributed by atoms with Crippen molar-refractivity contribution in [3.63, 3.8) is 0 Å². The maximum Gasteiger partial charge on any atom is 0.347 e. The lowest BCUT2D eigenvalue weighted by Gasteiger charge is -2.18. The summed E-state index contributed by atoms with van der Waals surface area (Å²) in [6.45, 7) is 0. The first-order chi connectivity index (χ1) is 16.1. The molecule has 5 nitrogen and oxygen atoms in total. The number of ether oxygens (including phenoxy) is 2. The first-order valence-electron chi connectivity index (χ1n) is 10.4. The van der Waals surface area contributed by atoms with Crippen LogP contribution in [0.2, 0.25) is 0 Å².